The SMILES string of the molecule is CC1C(N)CCC[C@@H]1C. The fraction of sp³-hybridized carbons (Fsp3) is 1.00. The Balaban J connectivity index is 2.41. The second-order valence-electron chi connectivity index (χ2n) is 3.43. The topological polar surface area (TPSA) is 26.0 Å². The summed E-state index contributed by atoms with van der Waals surface area (Å²) >= 11 is 0. The predicted molar refractivity (Wildman–Crippen MR) is 40.2 cm³/mol. The number of hydrogen-bond donors (Lipinski definition) is 1. The Morgan fingerprint density at radius 3 is 2.33 bits per heavy atom. The van der Waals surface area contributed by atoms with Gasteiger partial charge in [-0.15, -0.1) is 0 Å². The summed E-state index contributed by atoms with van der Waals surface area (Å²) in [4.78, 5) is 0. The molecule has 54 valence electrons. The third-order valence-corrected chi connectivity index (χ3v) is 2.77. The van der Waals surface area contributed by atoms with Crippen molar-refractivity contribution in [1.82, 2.24) is 0 Å². The molecule has 1 aliphatic rings. The molecule has 1 heteroatoms. The summed E-state index contributed by atoms with van der Waals surface area (Å²) in [6, 6.07) is 0.480. The minimum atomic E-state index is 0.480. The summed E-state index contributed by atoms with van der Waals surface area (Å²) in [5.41, 5.74) is 5.87. The minimum absolute atomic E-state index is 0.480. The molecular weight excluding hydrogens is 110 g/mol. The molecule has 1 aliphatic carbocycles. The van der Waals surface area contributed by atoms with Gasteiger partial charge in [-0.2, -0.15) is 0 Å². The Bertz CT molecular complexity index is 80.6. The predicted octanol–water partition coefficient (Wildman–Crippen LogP) is 1.77. The maximum Gasteiger partial charge on any atom is 0.00670 e. The standard InChI is InChI=1S/C8H17N/c1-6-4-3-5-8(9)7(6)2/h6-8H,3-5,9H2,1-2H3/t6-,7?,8?/m0/s1. The lowest BCUT2D eigenvalue weighted by Gasteiger charge is -2.31. The van der Waals surface area contributed by atoms with E-state index in [1.54, 1.807) is 0 Å². The van der Waals surface area contributed by atoms with Crippen molar-refractivity contribution < 1.29 is 0 Å². The molecule has 0 amide bonds. The van der Waals surface area contributed by atoms with Crippen LogP contribution in [0.4, 0.5) is 0 Å². The lowest BCUT2D eigenvalue weighted by molar-refractivity contribution is 0.240. The van der Waals surface area contributed by atoms with Gasteiger partial charge in [0, 0.05) is 6.04 Å². The summed E-state index contributed by atoms with van der Waals surface area (Å²) in [5.74, 6) is 1.60. The van der Waals surface area contributed by atoms with E-state index in [4.69, 9.17) is 5.73 Å². The van der Waals surface area contributed by atoms with Crippen molar-refractivity contribution in [2.45, 2.75) is 39.2 Å². The van der Waals surface area contributed by atoms with Gasteiger partial charge in [-0.3, -0.25) is 0 Å². The smallest absolute Gasteiger partial charge is 0.00670 e. The maximum absolute atomic E-state index is 5.87. The second-order valence-corrected chi connectivity index (χ2v) is 3.43. The van der Waals surface area contributed by atoms with Crippen molar-refractivity contribution in [3.05, 3.63) is 0 Å². The minimum Gasteiger partial charge on any atom is -0.327 e. The van der Waals surface area contributed by atoms with Crippen LogP contribution in [0.25, 0.3) is 0 Å². The van der Waals surface area contributed by atoms with E-state index in [-0.39, 0.29) is 0 Å². The van der Waals surface area contributed by atoms with Gasteiger partial charge in [0.25, 0.3) is 0 Å². The first kappa shape index (κ1) is 7.07. The lowest BCUT2D eigenvalue weighted by atomic mass is 9.78. The summed E-state index contributed by atoms with van der Waals surface area (Å²) in [5, 5.41) is 0. The molecule has 3 atom stereocenters. The van der Waals surface area contributed by atoms with Gasteiger partial charge in [-0.1, -0.05) is 26.7 Å². The van der Waals surface area contributed by atoms with Crippen LogP contribution in [0.15, 0.2) is 0 Å². The van der Waals surface area contributed by atoms with Gasteiger partial charge in [0.2, 0.25) is 0 Å². The zero-order valence-electron chi connectivity index (χ0n) is 6.43. The molecule has 0 aliphatic heterocycles. The molecule has 1 rings (SSSR count). The second kappa shape index (κ2) is 2.70. The Kier molecular flexibility index (Phi) is 2.12. The van der Waals surface area contributed by atoms with Gasteiger partial charge >= 0.3 is 0 Å². The van der Waals surface area contributed by atoms with Gasteiger partial charge in [-0.25, -0.2) is 0 Å². The highest BCUT2D eigenvalue weighted by Gasteiger charge is 2.23. The lowest BCUT2D eigenvalue weighted by Crippen LogP contribution is -2.35. The third kappa shape index (κ3) is 1.45. The van der Waals surface area contributed by atoms with Crippen molar-refractivity contribution in [3.63, 3.8) is 0 Å². The third-order valence-electron chi connectivity index (χ3n) is 2.77. The monoisotopic (exact) mass is 127 g/mol. The van der Waals surface area contributed by atoms with Crippen molar-refractivity contribution >= 4 is 0 Å². The zero-order chi connectivity index (χ0) is 6.85. The molecule has 1 fully saturated rings. The van der Waals surface area contributed by atoms with Crippen LogP contribution in [-0.4, -0.2) is 6.04 Å². The molecule has 0 aromatic heterocycles. The highest BCUT2D eigenvalue weighted by atomic mass is 14.7. The van der Waals surface area contributed by atoms with Crippen LogP contribution in [-0.2, 0) is 0 Å². The number of rotatable bonds is 0. The maximum atomic E-state index is 5.87. The van der Waals surface area contributed by atoms with Crippen LogP contribution < -0.4 is 5.73 Å². The van der Waals surface area contributed by atoms with Crippen LogP contribution in [0.5, 0.6) is 0 Å². The molecule has 0 bridgehead atoms. The highest BCUT2D eigenvalue weighted by Crippen LogP contribution is 2.27. The van der Waals surface area contributed by atoms with Crippen molar-refractivity contribution in [2.24, 2.45) is 17.6 Å². The van der Waals surface area contributed by atoms with E-state index in [0.717, 1.165) is 11.8 Å². The first-order valence-corrected chi connectivity index (χ1v) is 3.97. The van der Waals surface area contributed by atoms with Gasteiger partial charge < -0.3 is 5.73 Å². The van der Waals surface area contributed by atoms with Crippen LogP contribution in [0.3, 0.4) is 0 Å². The van der Waals surface area contributed by atoms with E-state index >= 15 is 0 Å². The van der Waals surface area contributed by atoms with E-state index in [2.05, 4.69) is 13.8 Å². The first-order valence-electron chi connectivity index (χ1n) is 3.97. The van der Waals surface area contributed by atoms with Gasteiger partial charge in [0.1, 0.15) is 0 Å². The highest BCUT2D eigenvalue weighted by molar-refractivity contribution is 4.78. The fourth-order valence-corrected chi connectivity index (χ4v) is 1.62. The zero-order valence-corrected chi connectivity index (χ0v) is 6.43. The van der Waals surface area contributed by atoms with Crippen LogP contribution in [0, 0.1) is 11.8 Å². The average molecular weight is 127 g/mol. The molecule has 0 radical (unpaired) electrons. The van der Waals surface area contributed by atoms with E-state index in [1.807, 2.05) is 0 Å². The molecule has 0 aromatic rings. The van der Waals surface area contributed by atoms with Crippen molar-refractivity contribution in [3.8, 4) is 0 Å². The van der Waals surface area contributed by atoms with E-state index in [1.165, 1.54) is 19.3 Å². The molecule has 1 nitrogen and oxygen atoms in total. The Morgan fingerprint density at radius 2 is 1.89 bits per heavy atom. The van der Waals surface area contributed by atoms with Gasteiger partial charge in [0.15, 0.2) is 0 Å². The summed E-state index contributed by atoms with van der Waals surface area (Å²) in [6.45, 7) is 4.58. The molecule has 0 spiro atoms. The molecule has 0 saturated heterocycles. The molecular formula is C8H17N. The molecule has 0 aromatic carbocycles. The summed E-state index contributed by atoms with van der Waals surface area (Å²) < 4.78 is 0. The largest absolute Gasteiger partial charge is 0.327 e. The van der Waals surface area contributed by atoms with Crippen LogP contribution >= 0.6 is 0 Å². The molecule has 1 saturated carbocycles. The Morgan fingerprint density at radius 1 is 1.22 bits per heavy atom. The number of hydrogen-bond acceptors (Lipinski definition) is 1. The average Bonchev–Trinajstić information content (AvgIpc) is 1.83. The van der Waals surface area contributed by atoms with E-state index in [9.17, 15) is 0 Å². The summed E-state index contributed by atoms with van der Waals surface area (Å²) in [7, 11) is 0. The summed E-state index contributed by atoms with van der Waals surface area (Å²) in [6.07, 6.45) is 3.97. The Hall–Kier alpha value is -0.0400. The quantitative estimate of drug-likeness (QED) is 0.527. The van der Waals surface area contributed by atoms with Crippen LogP contribution in [0.2, 0.25) is 0 Å². The van der Waals surface area contributed by atoms with E-state index in [0.29, 0.717) is 6.04 Å². The molecule has 9 heavy (non-hydrogen) atoms. The van der Waals surface area contributed by atoms with Crippen molar-refractivity contribution in [2.75, 3.05) is 0 Å². The Labute approximate surface area is 57.6 Å². The number of nitrogens with two attached hydrogens (primary N) is 1. The van der Waals surface area contributed by atoms with Crippen LogP contribution in [0.1, 0.15) is 33.1 Å². The molecule has 0 heterocycles. The fourth-order valence-electron chi connectivity index (χ4n) is 1.62. The van der Waals surface area contributed by atoms with Gasteiger partial charge in [0.05, 0.1) is 0 Å². The van der Waals surface area contributed by atoms with Gasteiger partial charge in [-0.05, 0) is 18.3 Å². The van der Waals surface area contributed by atoms with E-state index < -0.39 is 0 Å². The van der Waals surface area contributed by atoms with Crippen molar-refractivity contribution in [1.29, 1.82) is 0 Å². The molecule has 2 N–H and O–H groups in total. The normalized spacial score (nSPS) is 45.0. The first-order chi connectivity index (χ1) is 4.22. The molecule has 2 unspecified atom stereocenters.